The van der Waals surface area contributed by atoms with Gasteiger partial charge in [0, 0.05) is 51.4 Å². The maximum Gasteiger partial charge on any atom is 0.273 e. The van der Waals surface area contributed by atoms with Gasteiger partial charge in [0.15, 0.2) is 11.5 Å². The van der Waals surface area contributed by atoms with Crippen molar-refractivity contribution >= 4 is 11.8 Å². The second-order valence-electron chi connectivity index (χ2n) is 10.8. The molecular weight excluding hydrogens is 454 g/mol. The van der Waals surface area contributed by atoms with E-state index in [1.807, 2.05) is 0 Å². The van der Waals surface area contributed by atoms with E-state index in [2.05, 4.69) is 29.2 Å². The highest BCUT2D eigenvalue weighted by atomic mass is 19.1. The number of hydrogen-bond donors (Lipinski definition) is 1. The number of nitrogens with one attached hydrogen (secondary N) is 1. The summed E-state index contributed by atoms with van der Waals surface area (Å²) in [5.74, 6) is -2.37. The zero-order valence-electron chi connectivity index (χ0n) is 20.8. The number of carbonyl (C=O) groups is 2. The van der Waals surface area contributed by atoms with E-state index >= 15 is 0 Å². The Labute approximate surface area is 204 Å². The van der Waals surface area contributed by atoms with Gasteiger partial charge in [-0.2, -0.15) is 0 Å². The van der Waals surface area contributed by atoms with Gasteiger partial charge in [0.05, 0.1) is 11.5 Å². The van der Waals surface area contributed by atoms with E-state index in [0.29, 0.717) is 24.4 Å². The molecule has 3 atom stereocenters. The third-order valence-electron chi connectivity index (χ3n) is 7.35. The van der Waals surface area contributed by atoms with E-state index in [4.69, 9.17) is 4.52 Å². The van der Waals surface area contributed by atoms with Crippen LogP contribution < -0.4 is 5.32 Å². The summed E-state index contributed by atoms with van der Waals surface area (Å²) in [7, 11) is 3.45. The third-order valence-corrected chi connectivity index (χ3v) is 7.35. The maximum absolute atomic E-state index is 14.1. The van der Waals surface area contributed by atoms with Crippen LogP contribution in [0.3, 0.4) is 0 Å². The first kappa shape index (κ1) is 25.3. The van der Waals surface area contributed by atoms with Gasteiger partial charge in [0.25, 0.3) is 5.91 Å². The first-order chi connectivity index (χ1) is 16.5. The first-order valence-corrected chi connectivity index (χ1v) is 12.2. The summed E-state index contributed by atoms with van der Waals surface area (Å²) >= 11 is 0. The molecule has 1 aromatic heterocycles. The molecule has 2 fully saturated rings. The second kappa shape index (κ2) is 10.0. The number of aromatic nitrogens is 1. The Morgan fingerprint density at radius 2 is 1.97 bits per heavy atom. The molecule has 4 rings (SSSR count). The normalized spacial score (nSPS) is 24.7. The lowest BCUT2D eigenvalue weighted by atomic mass is 9.74. The fraction of sp³-hybridized carbons (Fsp3) is 0.577. The number of amides is 2. The van der Waals surface area contributed by atoms with E-state index in [9.17, 15) is 18.4 Å². The summed E-state index contributed by atoms with van der Waals surface area (Å²) in [5.41, 5.74) is 0.294. The molecular formula is C26H34F2N4O3. The van der Waals surface area contributed by atoms with Crippen LogP contribution in [0, 0.1) is 23.0 Å². The minimum Gasteiger partial charge on any atom is -0.355 e. The SMILES string of the molecule is CN(C)C(=O)[C@@H]1CN([C@H]2CCCC(C)(C)C2)CC[C@H]1NC(=O)c1cc(-c2ccc(F)cc2F)on1. The Hall–Kier alpha value is -2.81. The number of carbonyl (C=O) groups excluding carboxylic acids is 2. The molecule has 2 aliphatic rings. The molecule has 1 aliphatic heterocycles. The van der Waals surface area contributed by atoms with Crippen LogP contribution in [0.15, 0.2) is 28.8 Å². The van der Waals surface area contributed by atoms with E-state index < -0.39 is 17.5 Å². The Balaban J connectivity index is 1.47. The number of likely N-dealkylation sites (tertiary alicyclic amines) is 1. The third kappa shape index (κ3) is 5.72. The van der Waals surface area contributed by atoms with Crippen molar-refractivity contribution < 1.29 is 22.9 Å². The van der Waals surface area contributed by atoms with Crippen molar-refractivity contribution in [2.45, 2.75) is 58.0 Å². The Bertz CT molecular complexity index is 1080. The van der Waals surface area contributed by atoms with Crippen LogP contribution in [0.4, 0.5) is 8.78 Å². The van der Waals surface area contributed by atoms with Crippen LogP contribution in [0.1, 0.15) is 56.4 Å². The van der Waals surface area contributed by atoms with Gasteiger partial charge in [-0.3, -0.25) is 14.5 Å². The second-order valence-corrected chi connectivity index (χ2v) is 10.8. The van der Waals surface area contributed by atoms with Gasteiger partial charge < -0.3 is 14.7 Å². The number of benzene rings is 1. The topological polar surface area (TPSA) is 78.7 Å². The zero-order valence-corrected chi connectivity index (χ0v) is 20.8. The molecule has 1 aromatic carbocycles. The summed E-state index contributed by atoms with van der Waals surface area (Å²) in [4.78, 5) is 30.0. The van der Waals surface area contributed by atoms with Crippen molar-refractivity contribution in [3.05, 3.63) is 41.6 Å². The molecule has 2 amide bonds. The van der Waals surface area contributed by atoms with Crippen LogP contribution in [-0.4, -0.2) is 66.0 Å². The molecule has 0 spiro atoms. The minimum absolute atomic E-state index is 0.0160. The number of hydrogen-bond acceptors (Lipinski definition) is 5. The number of piperidine rings is 1. The summed E-state index contributed by atoms with van der Waals surface area (Å²) in [6, 6.07) is 4.51. The van der Waals surface area contributed by atoms with Gasteiger partial charge in [-0.1, -0.05) is 25.4 Å². The molecule has 9 heteroatoms. The van der Waals surface area contributed by atoms with Crippen LogP contribution in [-0.2, 0) is 4.79 Å². The Morgan fingerprint density at radius 1 is 1.20 bits per heavy atom. The van der Waals surface area contributed by atoms with Crippen LogP contribution >= 0.6 is 0 Å². The molecule has 2 heterocycles. The van der Waals surface area contributed by atoms with Gasteiger partial charge in [0.1, 0.15) is 11.6 Å². The first-order valence-electron chi connectivity index (χ1n) is 12.2. The zero-order chi connectivity index (χ0) is 25.3. The van der Waals surface area contributed by atoms with Crippen molar-refractivity contribution in [3.8, 4) is 11.3 Å². The van der Waals surface area contributed by atoms with E-state index in [1.54, 1.807) is 19.0 Å². The molecule has 190 valence electrons. The minimum atomic E-state index is -0.803. The predicted octanol–water partition coefficient (Wildman–Crippen LogP) is 4.10. The highest BCUT2D eigenvalue weighted by Crippen LogP contribution is 2.38. The van der Waals surface area contributed by atoms with Gasteiger partial charge in [-0.15, -0.1) is 0 Å². The van der Waals surface area contributed by atoms with Crippen molar-refractivity contribution in [2.75, 3.05) is 27.2 Å². The molecule has 0 bridgehead atoms. The molecule has 1 aliphatic carbocycles. The summed E-state index contributed by atoms with van der Waals surface area (Å²) in [5, 5.41) is 6.74. The molecule has 1 saturated carbocycles. The molecule has 1 saturated heterocycles. The van der Waals surface area contributed by atoms with Crippen molar-refractivity contribution in [2.24, 2.45) is 11.3 Å². The molecule has 2 aromatic rings. The Morgan fingerprint density at radius 3 is 2.66 bits per heavy atom. The van der Waals surface area contributed by atoms with E-state index in [1.165, 1.54) is 25.0 Å². The lowest BCUT2D eigenvalue weighted by molar-refractivity contribution is -0.136. The average molecular weight is 489 g/mol. The van der Waals surface area contributed by atoms with E-state index in [-0.39, 0.29) is 34.9 Å². The molecule has 0 radical (unpaired) electrons. The van der Waals surface area contributed by atoms with Crippen molar-refractivity contribution in [1.82, 2.24) is 20.3 Å². The van der Waals surface area contributed by atoms with Gasteiger partial charge in [-0.05, 0) is 43.2 Å². The fourth-order valence-electron chi connectivity index (χ4n) is 5.47. The summed E-state index contributed by atoms with van der Waals surface area (Å²) < 4.78 is 32.5. The van der Waals surface area contributed by atoms with Crippen molar-refractivity contribution in [1.29, 1.82) is 0 Å². The highest BCUT2D eigenvalue weighted by molar-refractivity contribution is 5.94. The lowest BCUT2D eigenvalue weighted by Crippen LogP contribution is -2.58. The number of halogens is 2. The summed E-state index contributed by atoms with van der Waals surface area (Å²) in [6.45, 7) is 6.00. The smallest absolute Gasteiger partial charge is 0.273 e. The van der Waals surface area contributed by atoms with Gasteiger partial charge in [0.2, 0.25) is 5.91 Å². The van der Waals surface area contributed by atoms with Gasteiger partial charge >= 0.3 is 0 Å². The summed E-state index contributed by atoms with van der Waals surface area (Å²) in [6.07, 6.45) is 5.28. The van der Waals surface area contributed by atoms with Crippen LogP contribution in [0.25, 0.3) is 11.3 Å². The van der Waals surface area contributed by atoms with Crippen molar-refractivity contribution in [3.63, 3.8) is 0 Å². The fourth-order valence-corrected chi connectivity index (χ4v) is 5.47. The Kier molecular flexibility index (Phi) is 7.26. The molecule has 0 unspecified atom stereocenters. The molecule has 7 nitrogen and oxygen atoms in total. The van der Waals surface area contributed by atoms with Gasteiger partial charge in [-0.25, -0.2) is 8.78 Å². The maximum atomic E-state index is 14.1. The predicted molar refractivity (Wildman–Crippen MR) is 128 cm³/mol. The van der Waals surface area contributed by atoms with Crippen LogP contribution in [0.5, 0.6) is 0 Å². The number of nitrogens with zero attached hydrogens (tertiary/aromatic N) is 3. The quantitative estimate of drug-likeness (QED) is 0.686. The standard InChI is InChI=1S/C26H34F2N4O3/c1-26(2)10-5-6-17(14-26)32-11-9-21(19(15-32)25(34)31(3)4)29-24(33)22-13-23(35-30-22)18-8-7-16(27)12-20(18)28/h7-8,12-13,17,19,21H,5-6,9-11,14-15H2,1-4H3,(H,29,33)/t17-,19+,21+/m0/s1. The van der Waals surface area contributed by atoms with Crippen LogP contribution in [0.2, 0.25) is 0 Å². The highest BCUT2D eigenvalue weighted by Gasteiger charge is 2.40. The number of rotatable bonds is 5. The van der Waals surface area contributed by atoms with E-state index in [0.717, 1.165) is 31.5 Å². The molecule has 35 heavy (non-hydrogen) atoms. The monoisotopic (exact) mass is 488 g/mol. The molecule has 1 N–H and O–H groups in total. The average Bonchev–Trinajstić information content (AvgIpc) is 3.28. The lowest BCUT2D eigenvalue weighted by Gasteiger charge is -2.46. The largest absolute Gasteiger partial charge is 0.355 e.